The van der Waals surface area contributed by atoms with E-state index in [0.717, 1.165) is 24.4 Å². The third-order valence-electron chi connectivity index (χ3n) is 4.24. The molecule has 2 heterocycles. The van der Waals surface area contributed by atoms with E-state index in [4.69, 9.17) is 0 Å². The zero-order chi connectivity index (χ0) is 15.7. The number of amides is 1. The zero-order valence-corrected chi connectivity index (χ0v) is 12.9. The molecule has 1 saturated heterocycles. The number of piperidine rings is 1. The minimum atomic E-state index is -0.332. The van der Waals surface area contributed by atoms with E-state index in [1.807, 2.05) is 13.1 Å². The van der Waals surface area contributed by atoms with Crippen LogP contribution >= 0.6 is 0 Å². The molecule has 1 aromatic carbocycles. The van der Waals surface area contributed by atoms with Crippen molar-refractivity contribution in [2.24, 2.45) is 0 Å². The summed E-state index contributed by atoms with van der Waals surface area (Å²) in [6.07, 6.45) is 3.76. The first-order chi connectivity index (χ1) is 10.5. The van der Waals surface area contributed by atoms with E-state index >= 15 is 0 Å². The molecule has 0 unspecified atom stereocenters. The van der Waals surface area contributed by atoms with E-state index in [1.165, 1.54) is 6.07 Å². The van der Waals surface area contributed by atoms with Gasteiger partial charge in [0.05, 0.1) is 0 Å². The molecule has 116 valence electrons. The molecule has 0 aliphatic carbocycles. The van der Waals surface area contributed by atoms with Crippen molar-refractivity contribution >= 4 is 5.91 Å². The molecule has 0 bridgehead atoms. The van der Waals surface area contributed by atoms with Gasteiger partial charge in [0, 0.05) is 36.5 Å². The summed E-state index contributed by atoms with van der Waals surface area (Å²) < 4.78 is 13.7. The van der Waals surface area contributed by atoms with Crippen LogP contribution in [0.5, 0.6) is 0 Å². The van der Waals surface area contributed by atoms with Gasteiger partial charge in [0.25, 0.3) is 5.91 Å². The first-order valence-electron chi connectivity index (χ1n) is 7.61. The highest BCUT2D eigenvalue weighted by Gasteiger charge is 2.27. The molecule has 1 aliphatic rings. The van der Waals surface area contributed by atoms with E-state index < -0.39 is 0 Å². The summed E-state index contributed by atoms with van der Waals surface area (Å²) in [7, 11) is 0. The fourth-order valence-electron chi connectivity index (χ4n) is 2.93. The highest BCUT2D eigenvalue weighted by atomic mass is 19.1. The largest absolute Gasteiger partial charge is 0.346 e. The second kappa shape index (κ2) is 5.91. The summed E-state index contributed by atoms with van der Waals surface area (Å²) in [6, 6.07) is 4.68. The smallest absolute Gasteiger partial charge is 0.253 e. The van der Waals surface area contributed by atoms with Gasteiger partial charge in [-0.15, -0.1) is 0 Å². The van der Waals surface area contributed by atoms with Crippen LogP contribution in [-0.4, -0.2) is 33.9 Å². The summed E-state index contributed by atoms with van der Waals surface area (Å²) >= 11 is 0. The molecule has 1 amide bonds. The number of H-pyrrole nitrogens is 1. The van der Waals surface area contributed by atoms with Crippen LogP contribution < -0.4 is 0 Å². The minimum Gasteiger partial charge on any atom is -0.346 e. The number of nitrogens with zero attached hydrogens (tertiary/aromatic N) is 2. The Kier molecular flexibility index (Phi) is 3.96. The van der Waals surface area contributed by atoms with E-state index in [2.05, 4.69) is 9.97 Å². The fraction of sp³-hybridized carbons (Fsp3) is 0.412. The summed E-state index contributed by atoms with van der Waals surface area (Å²) in [5, 5.41) is 0. The molecule has 22 heavy (non-hydrogen) atoms. The van der Waals surface area contributed by atoms with Gasteiger partial charge in [-0.2, -0.15) is 0 Å². The first kappa shape index (κ1) is 14.8. The standard InChI is InChI=1S/C17H20FN3O/c1-11-5-6-13(8-15(11)18)17(22)21-7-3-4-14(10-21)16-19-9-12(2)20-16/h5-6,8-9,14H,3-4,7,10H2,1-2H3,(H,19,20)/t14-/m1/s1. The Morgan fingerprint density at radius 3 is 2.91 bits per heavy atom. The number of hydrogen-bond acceptors (Lipinski definition) is 2. The van der Waals surface area contributed by atoms with E-state index in [1.54, 1.807) is 24.0 Å². The van der Waals surface area contributed by atoms with Crippen molar-refractivity contribution in [3.05, 3.63) is 52.9 Å². The third kappa shape index (κ3) is 2.89. The van der Waals surface area contributed by atoms with Gasteiger partial charge in [-0.25, -0.2) is 9.37 Å². The Balaban J connectivity index is 1.76. The lowest BCUT2D eigenvalue weighted by atomic mass is 9.96. The number of carbonyl (C=O) groups is 1. The quantitative estimate of drug-likeness (QED) is 0.926. The van der Waals surface area contributed by atoms with Crippen LogP contribution in [0.4, 0.5) is 4.39 Å². The minimum absolute atomic E-state index is 0.105. The van der Waals surface area contributed by atoms with Gasteiger partial charge in [0.15, 0.2) is 0 Å². The Morgan fingerprint density at radius 2 is 2.23 bits per heavy atom. The molecule has 1 aliphatic heterocycles. The van der Waals surface area contributed by atoms with Crippen LogP contribution in [0.1, 0.15) is 46.2 Å². The van der Waals surface area contributed by atoms with Gasteiger partial charge >= 0.3 is 0 Å². The molecule has 1 aromatic heterocycles. The van der Waals surface area contributed by atoms with Crippen LogP contribution in [0.2, 0.25) is 0 Å². The van der Waals surface area contributed by atoms with E-state index in [-0.39, 0.29) is 17.6 Å². The summed E-state index contributed by atoms with van der Waals surface area (Å²) in [5.41, 5.74) is 2.00. The number of likely N-dealkylation sites (tertiary alicyclic amines) is 1. The number of carbonyl (C=O) groups excluding carboxylic acids is 1. The predicted octanol–water partition coefficient (Wildman–Crippen LogP) is 3.19. The van der Waals surface area contributed by atoms with Crippen molar-refractivity contribution in [3.8, 4) is 0 Å². The molecule has 1 atom stereocenters. The third-order valence-corrected chi connectivity index (χ3v) is 4.24. The van der Waals surface area contributed by atoms with Crippen molar-refractivity contribution < 1.29 is 9.18 Å². The van der Waals surface area contributed by atoms with Gasteiger partial charge in [0.1, 0.15) is 11.6 Å². The molecule has 0 radical (unpaired) electrons. The number of aryl methyl sites for hydroxylation is 2. The van der Waals surface area contributed by atoms with Crippen LogP contribution in [0.15, 0.2) is 24.4 Å². The number of imidazole rings is 1. The molecular formula is C17H20FN3O. The fourth-order valence-corrected chi connectivity index (χ4v) is 2.93. The van der Waals surface area contributed by atoms with Gasteiger partial charge < -0.3 is 9.88 Å². The topological polar surface area (TPSA) is 49.0 Å². The van der Waals surface area contributed by atoms with Gasteiger partial charge in [-0.05, 0) is 44.4 Å². The molecular weight excluding hydrogens is 281 g/mol. The average molecular weight is 301 g/mol. The summed E-state index contributed by atoms with van der Waals surface area (Å²) in [5.74, 6) is 0.722. The van der Waals surface area contributed by atoms with Crippen molar-refractivity contribution in [2.45, 2.75) is 32.6 Å². The lowest BCUT2D eigenvalue weighted by molar-refractivity contribution is 0.0704. The predicted molar refractivity (Wildman–Crippen MR) is 82.3 cm³/mol. The SMILES string of the molecule is Cc1cnc([C@@H]2CCCN(C(=O)c3ccc(C)c(F)c3)C2)[nH]1. The normalized spacial score (nSPS) is 18.5. The Bertz CT molecular complexity index is 695. The van der Waals surface area contributed by atoms with E-state index in [0.29, 0.717) is 24.2 Å². The number of aromatic amines is 1. The molecule has 0 spiro atoms. The van der Waals surface area contributed by atoms with Gasteiger partial charge in [-0.1, -0.05) is 6.07 Å². The average Bonchev–Trinajstić information content (AvgIpc) is 2.96. The van der Waals surface area contributed by atoms with Crippen molar-refractivity contribution in [1.82, 2.24) is 14.9 Å². The second-order valence-electron chi connectivity index (χ2n) is 6.01. The molecule has 4 nitrogen and oxygen atoms in total. The maximum atomic E-state index is 13.7. The van der Waals surface area contributed by atoms with Gasteiger partial charge in [0.2, 0.25) is 0 Å². The molecule has 0 saturated carbocycles. The maximum absolute atomic E-state index is 13.7. The van der Waals surface area contributed by atoms with Crippen molar-refractivity contribution in [2.75, 3.05) is 13.1 Å². The monoisotopic (exact) mass is 301 g/mol. The maximum Gasteiger partial charge on any atom is 0.253 e. The molecule has 1 N–H and O–H groups in total. The molecule has 5 heteroatoms. The van der Waals surface area contributed by atoms with Crippen molar-refractivity contribution in [1.29, 1.82) is 0 Å². The Hall–Kier alpha value is -2.17. The highest BCUT2D eigenvalue weighted by Crippen LogP contribution is 2.26. The number of benzene rings is 1. The van der Waals surface area contributed by atoms with Crippen LogP contribution in [0, 0.1) is 19.7 Å². The number of aromatic nitrogens is 2. The van der Waals surface area contributed by atoms with E-state index in [9.17, 15) is 9.18 Å². The summed E-state index contributed by atoms with van der Waals surface area (Å²) in [6.45, 7) is 5.00. The lowest BCUT2D eigenvalue weighted by Crippen LogP contribution is -2.39. The summed E-state index contributed by atoms with van der Waals surface area (Å²) in [4.78, 5) is 22.0. The Labute approximate surface area is 129 Å². The lowest BCUT2D eigenvalue weighted by Gasteiger charge is -2.32. The van der Waals surface area contributed by atoms with Crippen LogP contribution in [0.3, 0.4) is 0 Å². The second-order valence-corrected chi connectivity index (χ2v) is 6.01. The van der Waals surface area contributed by atoms with Crippen LogP contribution in [0.25, 0.3) is 0 Å². The first-order valence-corrected chi connectivity index (χ1v) is 7.61. The molecule has 3 rings (SSSR count). The zero-order valence-electron chi connectivity index (χ0n) is 12.9. The van der Waals surface area contributed by atoms with Crippen molar-refractivity contribution in [3.63, 3.8) is 0 Å². The number of hydrogen-bond donors (Lipinski definition) is 1. The van der Waals surface area contributed by atoms with Crippen LogP contribution in [-0.2, 0) is 0 Å². The Morgan fingerprint density at radius 1 is 1.41 bits per heavy atom. The number of rotatable bonds is 2. The molecule has 1 fully saturated rings. The number of halogens is 1. The number of nitrogens with one attached hydrogen (secondary N) is 1. The van der Waals surface area contributed by atoms with Gasteiger partial charge in [-0.3, -0.25) is 4.79 Å². The molecule has 2 aromatic rings. The highest BCUT2D eigenvalue weighted by molar-refractivity contribution is 5.94.